The predicted octanol–water partition coefficient (Wildman–Crippen LogP) is 0.641. The average Bonchev–Trinajstić information content (AvgIpc) is 3.00. The molecule has 2 aliphatic rings. The standard InChI is InChI=1S/C16H24N2O4/c19-9-13-1-2-14(22-13)16(21)18-15(11-7-12(20)8-11)10-3-5-17-6-4-10/h1-2,10-12,15,17,19-20H,3-9H2,(H,18,21)/t11?,12?,15-/m0/s1. The average molecular weight is 308 g/mol. The molecule has 1 saturated heterocycles. The fraction of sp³-hybridized carbons (Fsp3) is 0.688. The van der Waals surface area contributed by atoms with Crippen molar-refractivity contribution in [3.63, 3.8) is 0 Å². The van der Waals surface area contributed by atoms with Crippen molar-refractivity contribution in [2.45, 2.75) is 44.4 Å². The van der Waals surface area contributed by atoms with Gasteiger partial charge in [0, 0.05) is 6.04 Å². The molecule has 1 amide bonds. The minimum Gasteiger partial charge on any atom is -0.453 e. The number of amides is 1. The maximum absolute atomic E-state index is 12.4. The second kappa shape index (κ2) is 6.81. The van der Waals surface area contributed by atoms with Crippen LogP contribution in [0.3, 0.4) is 0 Å². The number of aliphatic hydroxyl groups excluding tert-OH is 2. The fourth-order valence-electron chi connectivity index (χ4n) is 3.55. The van der Waals surface area contributed by atoms with Crippen LogP contribution < -0.4 is 10.6 Å². The smallest absolute Gasteiger partial charge is 0.287 e. The van der Waals surface area contributed by atoms with Crippen LogP contribution >= 0.6 is 0 Å². The fourth-order valence-corrected chi connectivity index (χ4v) is 3.55. The summed E-state index contributed by atoms with van der Waals surface area (Å²) in [5.74, 6) is 1.18. The van der Waals surface area contributed by atoms with E-state index in [2.05, 4.69) is 10.6 Å². The van der Waals surface area contributed by atoms with Gasteiger partial charge in [0.1, 0.15) is 12.4 Å². The van der Waals surface area contributed by atoms with Gasteiger partial charge < -0.3 is 25.3 Å². The van der Waals surface area contributed by atoms with Gasteiger partial charge in [0.2, 0.25) is 0 Å². The van der Waals surface area contributed by atoms with E-state index in [1.165, 1.54) is 0 Å². The van der Waals surface area contributed by atoms with Crippen LogP contribution in [0.2, 0.25) is 0 Å². The SMILES string of the molecule is O=C(N[C@@H](C1CCNCC1)C1CC(O)C1)c1ccc(CO)o1. The van der Waals surface area contributed by atoms with E-state index in [9.17, 15) is 9.90 Å². The van der Waals surface area contributed by atoms with Gasteiger partial charge in [-0.05, 0) is 62.7 Å². The van der Waals surface area contributed by atoms with Crippen molar-refractivity contribution in [1.29, 1.82) is 0 Å². The molecule has 0 bridgehead atoms. The summed E-state index contributed by atoms with van der Waals surface area (Å²) in [5.41, 5.74) is 0. The van der Waals surface area contributed by atoms with Gasteiger partial charge in [-0.15, -0.1) is 0 Å². The highest BCUT2D eigenvalue weighted by atomic mass is 16.4. The minimum absolute atomic E-state index is 0.0840. The monoisotopic (exact) mass is 308 g/mol. The molecule has 6 nitrogen and oxygen atoms in total. The molecule has 2 fully saturated rings. The number of hydrogen-bond acceptors (Lipinski definition) is 5. The van der Waals surface area contributed by atoms with Gasteiger partial charge >= 0.3 is 0 Å². The number of carbonyl (C=O) groups is 1. The van der Waals surface area contributed by atoms with Crippen molar-refractivity contribution >= 4 is 5.91 Å². The second-order valence-electron chi connectivity index (χ2n) is 6.40. The molecule has 1 saturated carbocycles. The summed E-state index contributed by atoms with van der Waals surface area (Å²) in [7, 11) is 0. The summed E-state index contributed by atoms with van der Waals surface area (Å²) in [6.45, 7) is 1.74. The maximum Gasteiger partial charge on any atom is 0.287 e. The first-order chi connectivity index (χ1) is 10.7. The van der Waals surface area contributed by atoms with Gasteiger partial charge in [0.05, 0.1) is 6.10 Å². The van der Waals surface area contributed by atoms with Crippen molar-refractivity contribution in [2.75, 3.05) is 13.1 Å². The second-order valence-corrected chi connectivity index (χ2v) is 6.40. The summed E-state index contributed by atoms with van der Waals surface area (Å²) >= 11 is 0. The Morgan fingerprint density at radius 3 is 2.64 bits per heavy atom. The first-order valence-corrected chi connectivity index (χ1v) is 8.06. The number of nitrogens with one attached hydrogen (secondary N) is 2. The Morgan fingerprint density at radius 2 is 2.05 bits per heavy atom. The van der Waals surface area contributed by atoms with Crippen LogP contribution in [0.4, 0.5) is 0 Å². The van der Waals surface area contributed by atoms with E-state index in [0.29, 0.717) is 17.6 Å². The van der Waals surface area contributed by atoms with E-state index >= 15 is 0 Å². The maximum atomic E-state index is 12.4. The Bertz CT molecular complexity index is 504. The lowest BCUT2D eigenvalue weighted by molar-refractivity contribution is 0.00886. The Morgan fingerprint density at radius 1 is 1.32 bits per heavy atom. The Hall–Kier alpha value is -1.37. The molecule has 4 N–H and O–H groups in total. The van der Waals surface area contributed by atoms with Gasteiger partial charge in [-0.2, -0.15) is 0 Å². The number of rotatable bonds is 5. The number of hydrogen-bond donors (Lipinski definition) is 4. The number of aliphatic hydroxyl groups is 2. The topological polar surface area (TPSA) is 94.7 Å². The van der Waals surface area contributed by atoms with Crippen molar-refractivity contribution in [3.05, 3.63) is 23.7 Å². The normalized spacial score (nSPS) is 27.2. The third kappa shape index (κ3) is 3.34. The highest BCUT2D eigenvalue weighted by Gasteiger charge is 2.39. The van der Waals surface area contributed by atoms with Gasteiger partial charge in [-0.25, -0.2) is 0 Å². The molecule has 3 rings (SSSR count). The number of carbonyl (C=O) groups excluding carboxylic acids is 1. The molecule has 22 heavy (non-hydrogen) atoms. The largest absolute Gasteiger partial charge is 0.453 e. The number of piperidine rings is 1. The quantitative estimate of drug-likeness (QED) is 0.640. The van der Waals surface area contributed by atoms with E-state index in [-0.39, 0.29) is 30.4 Å². The van der Waals surface area contributed by atoms with Crippen LogP contribution in [0.15, 0.2) is 16.5 Å². The highest BCUT2D eigenvalue weighted by molar-refractivity contribution is 5.91. The first kappa shape index (κ1) is 15.5. The van der Waals surface area contributed by atoms with Gasteiger partial charge in [0.25, 0.3) is 5.91 Å². The lowest BCUT2D eigenvalue weighted by Crippen LogP contribution is -2.52. The molecular formula is C16H24N2O4. The zero-order valence-electron chi connectivity index (χ0n) is 12.6. The lowest BCUT2D eigenvalue weighted by atomic mass is 9.71. The molecule has 0 aromatic carbocycles. The number of furan rings is 1. The molecule has 0 unspecified atom stereocenters. The van der Waals surface area contributed by atoms with Crippen molar-refractivity contribution in [1.82, 2.24) is 10.6 Å². The zero-order valence-corrected chi connectivity index (χ0v) is 12.6. The highest BCUT2D eigenvalue weighted by Crippen LogP contribution is 2.35. The van der Waals surface area contributed by atoms with Crippen molar-refractivity contribution in [2.24, 2.45) is 11.8 Å². The summed E-state index contributed by atoms with van der Waals surface area (Å²) in [6.07, 6.45) is 3.37. The van der Waals surface area contributed by atoms with Crippen LogP contribution in [0.25, 0.3) is 0 Å². The molecule has 122 valence electrons. The predicted molar refractivity (Wildman–Crippen MR) is 80.2 cm³/mol. The van der Waals surface area contributed by atoms with E-state index < -0.39 is 0 Å². The summed E-state index contributed by atoms with van der Waals surface area (Å²) in [6, 6.07) is 3.29. The zero-order chi connectivity index (χ0) is 15.5. The molecule has 1 atom stereocenters. The third-order valence-corrected chi connectivity index (χ3v) is 4.89. The van der Waals surface area contributed by atoms with Crippen molar-refractivity contribution in [3.8, 4) is 0 Å². The molecule has 1 aromatic rings. The molecular weight excluding hydrogens is 284 g/mol. The molecule has 0 radical (unpaired) electrons. The summed E-state index contributed by atoms with van der Waals surface area (Å²) in [4.78, 5) is 12.4. The van der Waals surface area contributed by atoms with Crippen molar-refractivity contribution < 1.29 is 19.4 Å². The molecule has 6 heteroatoms. The van der Waals surface area contributed by atoms with E-state index in [1.807, 2.05) is 0 Å². The molecule has 1 aliphatic heterocycles. The van der Waals surface area contributed by atoms with E-state index in [1.54, 1.807) is 12.1 Å². The van der Waals surface area contributed by atoms with E-state index in [0.717, 1.165) is 38.8 Å². The minimum atomic E-state index is -0.232. The molecule has 0 spiro atoms. The molecule has 1 aromatic heterocycles. The summed E-state index contributed by atoms with van der Waals surface area (Å²) < 4.78 is 5.31. The Labute approximate surface area is 129 Å². The van der Waals surface area contributed by atoms with Crippen LogP contribution in [-0.2, 0) is 6.61 Å². The lowest BCUT2D eigenvalue weighted by Gasteiger charge is -2.43. The van der Waals surface area contributed by atoms with Gasteiger partial charge in [-0.1, -0.05) is 0 Å². The third-order valence-electron chi connectivity index (χ3n) is 4.89. The Balaban J connectivity index is 1.67. The van der Waals surface area contributed by atoms with Crippen LogP contribution in [0, 0.1) is 11.8 Å². The van der Waals surface area contributed by atoms with E-state index in [4.69, 9.17) is 9.52 Å². The first-order valence-electron chi connectivity index (χ1n) is 8.06. The summed E-state index contributed by atoms with van der Waals surface area (Å²) in [5, 5.41) is 25.1. The Kier molecular flexibility index (Phi) is 4.81. The molecule has 1 aliphatic carbocycles. The molecule has 2 heterocycles. The van der Waals surface area contributed by atoms with Gasteiger partial charge in [0.15, 0.2) is 5.76 Å². The van der Waals surface area contributed by atoms with Crippen LogP contribution in [-0.4, -0.2) is 41.4 Å². The van der Waals surface area contributed by atoms with Gasteiger partial charge in [-0.3, -0.25) is 4.79 Å². The van der Waals surface area contributed by atoms with Crippen LogP contribution in [0.5, 0.6) is 0 Å². The van der Waals surface area contributed by atoms with Crippen LogP contribution in [0.1, 0.15) is 42.0 Å².